The molecule has 24 heavy (non-hydrogen) atoms. The van der Waals surface area contributed by atoms with Crippen molar-refractivity contribution >= 4 is 17.4 Å². The van der Waals surface area contributed by atoms with E-state index in [4.69, 9.17) is 4.74 Å². The van der Waals surface area contributed by atoms with E-state index in [2.05, 4.69) is 20.6 Å². The molecule has 0 radical (unpaired) electrons. The third-order valence-electron chi connectivity index (χ3n) is 5.11. The number of aromatic nitrogens is 1. The molecule has 7 heteroatoms. The maximum Gasteiger partial charge on any atom is 0.317 e. The van der Waals surface area contributed by atoms with Crippen molar-refractivity contribution in [1.29, 1.82) is 0 Å². The molecule has 0 aromatic carbocycles. The van der Waals surface area contributed by atoms with Gasteiger partial charge < -0.3 is 15.0 Å². The van der Waals surface area contributed by atoms with E-state index in [1.165, 1.54) is 0 Å². The van der Waals surface area contributed by atoms with E-state index in [-0.39, 0.29) is 11.6 Å². The number of urea groups is 1. The van der Waals surface area contributed by atoms with Gasteiger partial charge in [0.15, 0.2) is 0 Å². The summed E-state index contributed by atoms with van der Waals surface area (Å²) in [6.07, 6.45) is 4.40. The minimum Gasteiger partial charge on any atom is -0.370 e. The van der Waals surface area contributed by atoms with E-state index in [0.717, 1.165) is 56.0 Å². The van der Waals surface area contributed by atoms with E-state index >= 15 is 0 Å². The van der Waals surface area contributed by atoms with Crippen LogP contribution in [0.5, 0.6) is 0 Å². The second-order valence-electron chi connectivity index (χ2n) is 7.35. The number of thiazole rings is 1. The summed E-state index contributed by atoms with van der Waals surface area (Å²) >= 11 is 1.71. The third-order valence-corrected chi connectivity index (χ3v) is 5.93. The fourth-order valence-electron chi connectivity index (χ4n) is 3.79. The van der Waals surface area contributed by atoms with Crippen molar-refractivity contribution < 1.29 is 9.53 Å². The lowest BCUT2D eigenvalue weighted by atomic mass is 9.90. The molecule has 3 heterocycles. The summed E-state index contributed by atoms with van der Waals surface area (Å²) in [5.74, 6) is 0. The van der Waals surface area contributed by atoms with Gasteiger partial charge in [-0.1, -0.05) is 0 Å². The molecule has 3 aliphatic rings. The van der Waals surface area contributed by atoms with Crippen LogP contribution in [0.4, 0.5) is 4.79 Å². The Bertz CT molecular complexity index is 599. The van der Waals surface area contributed by atoms with Crippen molar-refractivity contribution in [2.75, 3.05) is 32.8 Å². The summed E-state index contributed by atoms with van der Waals surface area (Å²) < 4.78 is 6.20. The first-order valence-electron chi connectivity index (χ1n) is 8.95. The van der Waals surface area contributed by atoms with Crippen LogP contribution < -0.4 is 5.32 Å². The zero-order chi connectivity index (χ0) is 16.6. The number of ether oxygens (including phenoxy) is 1. The molecule has 2 saturated heterocycles. The Morgan fingerprint density at radius 1 is 1.46 bits per heavy atom. The lowest BCUT2D eigenvalue weighted by Crippen LogP contribution is -2.61. The summed E-state index contributed by atoms with van der Waals surface area (Å²) in [7, 11) is 0. The number of nitrogens with zero attached hydrogens (tertiary/aromatic N) is 3. The van der Waals surface area contributed by atoms with E-state index in [9.17, 15) is 4.79 Å². The van der Waals surface area contributed by atoms with Crippen LogP contribution in [0.25, 0.3) is 0 Å². The maximum atomic E-state index is 12.4. The standard InChI is InChI=1S/C17H26N4O2S/c1-13-18-15(10-24-13)9-20-6-2-5-17(11-20)12-21(7-8-23-17)16(22)19-14-3-4-14/h10,14H,2-9,11-12H2,1H3,(H,19,22)/t17-/m0/s1. The molecule has 1 N–H and O–H groups in total. The first-order chi connectivity index (χ1) is 11.6. The lowest BCUT2D eigenvalue weighted by Gasteiger charge is -2.47. The van der Waals surface area contributed by atoms with Gasteiger partial charge in [0.1, 0.15) is 0 Å². The molecule has 3 fully saturated rings. The number of carbonyl (C=O) groups excluding carboxylic acids is 1. The normalized spacial score (nSPS) is 28.3. The first kappa shape index (κ1) is 16.3. The van der Waals surface area contributed by atoms with Crippen LogP contribution in [0.1, 0.15) is 36.4 Å². The fourth-order valence-corrected chi connectivity index (χ4v) is 4.40. The molecule has 0 bridgehead atoms. The molecular formula is C17H26N4O2S. The molecule has 2 amide bonds. The van der Waals surface area contributed by atoms with Gasteiger partial charge in [0.05, 0.1) is 29.5 Å². The number of rotatable bonds is 3. The second kappa shape index (κ2) is 6.61. The molecule has 4 rings (SSSR count). The molecule has 1 atom stereocenters. The van der Waals surface area contributed by atoms with Crippen LogP contribution >= 0.6 is 11.3 Å². The SMILES string of the molecule is Cc1nc(CN2CCC[C@]3(C2)CN(C(=O)NC2CC2)CCO3)cs1. The van der Waals surface area contributed by atoms with Gasteiger partial charge >= 0.3 is 6.03 Å². The highest BCUT2D eigenvalue weighted by Crippen LogP contribution is 2.30. The number of amides is 2. The predicted molar refractivity (Wildman–Crippen MR) is 93.2 cm³/mol. The van der Waals surface area contributed by atoms with Crippen molar-refractivity contribution in [3.63, 3.8) is 0 Å². The van der Waals surface area contributed by atoms with Gasteiger partial charge in [-0.05, 0) is 39.2 Å². The van der Waals surface area contributed by atoms with Gasteiger partial charge in [0.25, 0.3) is 0 Å². The maximum absolute atomic E-state index is 12.4. The van der Waals surface area contributed by atoms with Gasteiger partial charge in [-0.25, -0.2) is 9.78 Å². The Balaban J connectivity index is 1.38. The van der Waals surface area contributed by atoms with Gasteiger partial charge in [-0.2, -0.15) is 0 Å². The van der Waals surface area contributed by atoms with E-state index in [1.54, 1.807) is 11.3 Å². The number of hydrogen-bond acceptors (Lipinski definition) is 5. The van der Waals surface area contributed by atoms with Crippen LogP contribution in [0.15, 0.2) is 5.38 Å². The highest BCUT2D eigenvalue weighted by Gasteiger charge is 2.42. The van der Waals surface area contributed by atoms with E-state index in [0.29, 0.717) is 25.7 Å². The minimum atomic E-state index is -0.206. The molecule has 1 spiro atoms. The molecule has 1 aromatic rings. The molecule has 1 aromatic heterocycles. The molecule has 0 unspecified atom stereocenters. The van der Waals surface area contributed by atoms with Crippen molar-refractivity contribution in [1.82, 2.24) is 20.1 Å². The number of piperidine rings is 1. The second-order valence-corrected chi connectivity index (χ2v) is 8.41. The Morgan fingerprint density at radius 2 is 2.33 bits per heavy atom. The third kappa shape index (κ3) is 3.73. The molecule has 1 aliphatic carbocycles. The van der Waals surface area contributed by atoms with Crippen LogP contribution in [-0.4, -0.2) is 65.2 Å². The quantitative estimate of drug-likeness (QED) is 0.906. The van der Waals surface area contributed by atoms with Crippen LogP contribution in [0, 0.1) is 6.92 Å². The van der Waals surface area contributed by atoms with Gasteiger partial charge in [0, 0.05) is 31.1 Å². The van der Waals surface area contributed by atoms with E-state index in [1.807, 2.05) is 11.8 Å². The van der Waals surface area contributed by atoms with Crippen molar-refractivity contribution in [3.8, 4) is 0 Å². The topological polar surface area (TPSA) is 57.7 Å². The molecule has 132 valence electrons. The first-order valence-corrected chi connectivity index (χ1v) is 9.83. The average molecular weight is 350 g/mol. The molecule has 2 aliphatic heterocycles. The fraction of sp³-hybridized carbons (Fsp3) is 0.765. The summed E-state index contributed by atoms with van der Waals surface area (Å²) in [6, 6.07) is 0.500. The van der Waals surface area contributed by atoms with Gasteiger partial charge in [-0.15, -0.1) is 11.3 Å². The van der Waals surface area contributed by atoms with Crippen LogP contribution in [0.2, 0.25) is 0 Å². The summed E-state index contributed by atoms with van der Waals surface area (Å²) in [5, 5.41) is 6.37. The lowest BCUT2D eigenvalue weighted by molar-refractivity contribution is -0.131. The Kier molecular flexibility index (Phi) is 4.49. The highest BCUT2D eigenvalue weighted by molar-refractivity contribution is 7.09. The zero-order valence-corrected chi connectivity index (χ0v) is 15.1. The zero-order valence-electron chi connectivity index (χ0n) is 14.3. The van der Waals surface area contributed by atoms with Crippen LogP contribution in [0.3, 0.4) is 0 Å². The monoisotopic (exact) mass is 350 g/mol. The highest BCUT2D eigenvalue weighted by atomic mass is 32.1. The number of hydrogen-bond donors (Lipinski definition) is 1. The van der Waals surface area contributed by atoms with E-state index < -0.39 is 0 Å². The molecule has 1 saturated carbocycles. The number of aryl methyl sites for hydroxylation is 1. The number of nitrogens with one attached hydrogen (secondary N) is 1. The van der Waals surface area contributed by atoms with Gasteiger partial charge in [-0.3, -0.25) is 4.90 Å². The van der Waals surface area contributed by atoms with Crippen molar-refractivity contribution in [2.45, 2.75) is 50.8 Å². The number of likely N-dealkylation sites (tertiary alicyclic amines) is 1. The Labute approximate surface area is 147 Å². The minimum absolute atomic E-state index is 0.0902. The summed E-state index contributed by atoms with van der Waals surface area (Å²) in [5.41, 5.74) is 0.941. The Morgan fingerprint density at radius 3 is 3.08 bits per heavy atom. The van der Waals surface area contributed by atoms with Gasteiger partial charge in [0.2, 0.25) is 0 Å². The van der Waals surface area contributed by atoms with Crippen molar-refractivity contribution in [2.24, 2.45) is 0 Å². The van der Waals surface area contributed by atoms with Crippen molar-refractivity contribution in [3.05, 3.63) is 16.1 Å². The Hall–Kier alpha value is -1.18. The summed E-state index contributed by atoms with van der Waals surface area (Å²) in [4.78, 5) is 21.4. The smallest absolute Gasteiger partial charge is 0.317 e. The number of morpholine rings is 1. The predicted octanol–water partition coefficient (Wildman–Crippen LogP) is 1.99. The largest absolute Gasteiger partial charge is 0.370 e. The van der Waals surface area contributed by atoms with Crippen LogP contribution in [-0.2, 0) is 11.3 Å². The number of carbonyl (C=O) groups is 1. The molecule has 6 nitrogen and oxygen atoms in total. The summed E-state index contributed by atoms with van der Waals surface area (Å²) in [6.45, 7) is 6.94. The average Bonchev–Trinajstić information content (AvgIpc) is 3.28. The molecular weight excluding hydrogens is 324 g/mol.